The van der Waals surface area contributed by atoms with Gasteiger partial charge in [0.2, 0.25) is 0 Å². The first-order valence-electron chi connectivity index (χ1n) is 6.20. The number of hydrogen-bond donors (Lipinski definition) is 0. The van der Waals surface area contributed by atoms with E-state index in [4.69, 9.17) is 0 Å². The zero-order valence-electron chi connectivity index (χ0n) is 10.8. The first-order chi connectivity index (χ1) is 8.67. The minimum atomic E-state index is 0.646. The number of alkyl halides is 1. The van der Waals surface area contributed by atoms with Gasteiger partial charge in [0.05, 0.1) is 5.01 Å². The fourth-order valence-corrected chi connectivity index (χ4v) is 3.39. The number of hydrogen-bond acceptors (Lipinski definition) is 2. The Morgan fingerprint density at radius 2 is 1.89 bits per heavy atom. The van der Waals surface area contributed by atoms with Crippen LogP contribution in [0.4, 0.5) is 0 Å². The van der Waals surface area contributed by atoms with Crippen molar-refractivity contribution in [2.24, 2.45) is 5.92 Å². The Kier molecular flexibility index (Phi) is 4.95. The highest BCUT2D eigenvalue weighted by molar-refractivity contribution is 9.09. The molecule has 96 valence electrons. The van der Waals surface area contributed by atoms with Gasteiger partial charge >= 0.3 is 0 Å². The van der Waals surface area contributed by atoms with Gasteiger partial charge < -0.3 is 0 Å². The summed E-state index contributed by atoms with van der Waals surface area (Å²) in [6, 6.07) is 8.86. The minimum Gasteiger partial charge on any atom is -0.250 e. The summed E-state index contributed by atoms with van der Waals surface area (Å²) in [5.74, 6) is 0.646. The fourth-order valence-electron chi connectivity index (χ4n) is 2.02. The van der Waals surface area contributed by atoms with Gasteiger partial charge in [-0.15, -0.1) is 11.3 Å². The minimum absolute atomic E-state index is 0.646. The summed E-state index contributed by atoms with van der Waals surface area (Å²) in [4.78, 5) is 5.72. The van der Waals surface area contributed by atoms with Gasteiger partial charge in [0.1, 0.15) is 0 Å². The number of nitrogens with zero attached hydrogens (tertiary/aromatic N) is 1. The largest absolute Gasteiger partial charge is 0.250 e. The highest BCUT2D eigenvalue weighted by atomic mass is 79.9. The zero-order valence-corrected chi connectivity index (χ0v) is 13.2. The van der Waals surface area contributed by atoms with Crippen molar-refractivity contribution in [3.05, 3.63) is 51.5 Å². The van der Waals surface area contributed by atoms with Crippen LogP contribution in [0.3, 0.4) is 0 Å². The Morgan fingerprint density at radius 3 is 2.44 bits per heavy atom. The molecule has 0 aliphatic rings. The number of halogens is 1. The summed E-state index contributed by atoms with van der Waals surface area (Å²) in [7, 11) is 0. The molecule has 1 atom stereocenters. The van der Waals surface area contributed by atoms with Crippen LogP contribution in [0.2, 0.25) is 0 Å². The Morgan fingerprint density at radius 1 is 1.17 bits per heavy atom. The maximum Gasteiger partial charge on any atom is 0.0896 e. The lowest BCUT2D eigenvalue weighted by molar-refractivity contribution is 0.596. The molecule has 1 unspecified atom stereocenters. The number of rotatable bonds is 5. The third-order valence-corrected chi connectivity index (χ3v) is 4.87. The lowest BCUT2D eigenvalue weighted by Crippen LogP contribution is -2.09. The molecular formula is C15H18BrNS. The normalized spacial score (nSPS) is 12.6. The Labute approximate surface area is 121 Å². The van der Waals surface area contributed by atoms with Gasteiger partial charge in [-0.1, -0.05) is 45.8 Å². The predicted molar refractivity (Wildman–Crippen MR) is 82.7 cm³/mol. The molecule has 3 heteroatoms. The quantitative estimate of drug-likeness (QED) is 0.735. The van der Waals surface area contributed by atoms with Crippen molar-refractivity contribution >= 4 is 27.3 Å². The number of aromatic nitrogens is 1. The van der Waals surface area contributed by atoms with Crippen molar-refractivity contribution in [1.82, 2.24) is 4.98 Å². The van der Waals surface area contributed by atoms with E-state index < -0.39 is 0 Å². The number of benzene rings is 1. The van der Waals surface area contributed by atoms with Crippen LogP contribution in [0.25, 0.3) is 0 Å². The van der Waals surface area contributed by atoms with E-state index in [-0.39, 0.29) is 0 Å². The van der Waals surface area contributed by atoms with Crippen molar-refractivity contribution in [3.8, 4) is 0 Å². The Bertz CT molecular complexity index is 489. The third kappa shape index (κ3) is 3.92. The lowest BCUT2D eigenvalue weighted by Gasteiger charge is -2.13. The van der Waals surface area contributed by atoms with E-state index in [0.29, 0.717) is 5.92 Å². The van der Waals surface area contributed by atoms with E-state index >= 15 is 0 Å². The van der Waals surface area contributed by atoms with Crippen molar-refractivity contribution in [1.29, 1.82) is 0 Å². The zero-order chi connectivity index (χ0) is 13.0. The molecule has 0 aliphatic carbocycles. The van der Waals surface area contributed by atoms with Crippen molar-refractivity contribution in [2.45, 2.75) is 26.7 Å². The van der Waals surface area contributed by atoms with E-state index in [0.717, 1.165) is 23.2 Å². The molecular weight excluding hydrogens is 306 g/mol. The first kappa shape index (κ1) is 13.8. The van der Waals surface area contributed by atoms with Crippen molar-refractivity contribution < 1.29 is 0 Å². The average molecular weight is 324 g/mol. The van der Waals surface area contributed by atoms with Crippen LogP contribution in [0.1, 0.15) is 21.0 Å². The van der Waals surface area contributed by atoms with Gasteiger partial charge in [-0.25, -0.2) is 4.98 Å². The molecule has 1 heterocycles. The molecule has 2 rings (SSSR count). The van der Waals surface area contributed by atoms with Gasteiger partial charge in [-0.2, -0.15) is 0 Å². The van der Waals surface area contributed by atoms with Gasteiger partial charge in [0, 0.05) is 16.4 Å². The summed E-state index contributed by atoms with van der Waals surface area (Å²) < 4.78 is 0. The van der Waals surface area contributed by atoms with Crippen LogP contribution in [-0.2, 0) is 12.8 Å². The topological polar surface area (TPSA) is 12.9 Å². The molecule has 0 N–H and O–H groups in total. The Hall–Kier alpha value is -0.670. The van der Waals surface area contributed by atoms with Crippen LogP contribution < -0.4 is 0 Å². The second-order valence-electron chi connectivity index (χ2n) is 4.76. The van der Waals surface area contributed by atoms with Crippen LogP contribution in [0.5, 0.6) is 0 Å². The fraction of sp³-hybridized carbons (Fsp3) is 0.400. The van der Waals surface area contributed by atoms with E-state index in [9.17, 15) is 0 Å². The van der Waals surface area contributed by atoms with E-state index in [1.807, 2.05) is 17.5 Å². The molecule has 1 aromatic heterocycles. The number of aryl methyl sites for hydroxylation is 2. The van der Waals surface area contributed by atoms with Crippen molar-refractivity contribution in [2.75, 3.05) is 5.33 Å². The second kappa shape index (κ2) is 6.48. The maximum absolute atomic E-state index is 4.33. The molecule has 1 aromatic carbocycles. The molecule has 0 fully saturated rings. The maximum atomic E-state index is 4.33. The third-order valence-electron chi connectivity index (χ3n) is 3.02. The molecule has 0 bridgehead atoms. The summed E-state index contributed by atoms with van der Waals surface area (Å²) >= 11 is 5.45. The molecule has 0 saturated carbocycles. The molecule has 0 aliphatic heterocycles. The predicted octanol–water partition coefficient (Wildman–Crippen LogP) is 4.56. The molecule has 0 amide bonds. The van der Waals surface area contributed by atoms with E-state index in [1.165, 1.54) is 16.0 Å². The van der Waals surface area contributed by atoms with Crippen molar-refractivity contribution in [3.63, 3.8) is 0 Å². The molecule has 1 nitrogen and oxygen atoms in total. The van der Waals surface area contributed by atoms with Crippen LogP contribution in [0.15, 0.2) is 30.5 Å². The standard InChI is InChI=1S/C15H18BrNS/c1-11-3-5-13(6-4-11)7-14(9-16)8-15-10-17-12(2)18-15/h3-6,10,14H,7-9H2,1-2H3. The van der Waals surface area contributed by atoms with Gasteiger partial charge in [-0.3, -0.25) is 0 Å². The van der Waals surface area contributed by atoms with Gasteiger partial charge in [0.25, 0.3) is 0 Å². The summed E-state index contributed by atoms with van der Waals surface area (Å²) in [5.41, 5.74) is 2.75. The second-order valence-corrected chi connectivity index (χ2v) is 6.73. The Balaban J connectivity index is 1.99. The smallest absolute Gasteiger partial charge is 0.0896 e. The van der Waals surface area contributed by atoms with E-state index in [1.54, 1.807) is 0 Å². The van der Waals surface area contributed by atoms with E-state index in [2.05, 4.69) is 59.0 Å². The van der Waals surface area contributed by atoms with Crippen LogP contribution >= 0.6 is 27.3 Å². The average Bonchev–Trinajstić information content (AvgIpc) is 2.77. The monoisotopic (exact) mass is 323 g/mol. The van der Waals surface area contributed by atoms with Crippen LogP contribution in [-0.4, -0.2) is 10.3 Å². The molecule has 0 spiro atoms. The van der Waals surface area contributed by atoms with Gasteiger partial charge in [0.15, 0.2) is 0 Å². The number of thiazole rings is 1. The van der Waals surface area contributed by atoms with Gasteiger partial charge in [-0.05, 0) is 38.2 Å². The molecule has 2 aromatic rings. The highest BCUT2D eigenvalue weighted by Gasteiger charge is 2.11. The lowest BCUT2D eigenvalue weighted by atomic mass is 9.97. The summed E-state index contributed by atoms with van der Waals surface area (Å²) in [5, 5.41) is 2.20. The highest BCUT2D eigenvalue weighted by Crippen LogP contribution is 2.21. The first-order valence-corrected chi connectivity index (χ1v) is 8.14. The summed E-state index contributed by atoms with van der Waals surface area (Å²) in [6.07, 6.45) is 4.26. The van der Waals surface area contributed by atoms with Crippen LogP contribution in [0, 0.1) is 19.8 Å². The molecule has 0 saturated heterocycles. The molecule has 0 radical (unpaired) electrons. The SMILES string of the molecule is Cc1ccc(CC(CBr)Cc2cnc(C)s2)cc1. The summed E-state index contributed by atoms with van der Waals surface area (Å²) in [6.45, 7) is 4.20. The molecule has 18 heavy (non-hydrogen) atoms.